The molecule has 2 aromatic carbocycles. The van der Waals surface area contributed by atoms with Gasteiger partial charge in [0.1, 0.15) is 11.5 Å². The molecule has 0 saturated heterocycles. The number of para-hydroxylation sites is 1. The number of aliphatic hydroxyl groups is 1. The van der Waals surface area contributed by atoms with E-state index in [1.54, 1.807) is 0 Å². The van der Waals surface area contributed by atoms with Gasteiger partial charge in [-0.15, -0.1) is 0 Å². The van der Waals surface area contributed by atoms with E-state index in [0.717, 1.165) is 17.1 Å². The highest BCUT2D eigenvalue weighted by molar-refractivity contribution is 5.33. The lowest BCUT2D eigenvalue weighted by molar-refractivity contribution is 0.186. The van der Waals surface area contributed by atoms with E-state index in [2.05, 4.69) is 0 Å². The molecule has 88 valence electrons. The third-order valence-corrected chi connectivity index (χ3v) is 2.47. The summed E-state index contributed by atoms with van der Waals surface area (Å²) in [7, 11) is 0. The van der Waals surface area contributed by atoms with E-state index in [1.807, 2.05) is 54.6 Å². The van der Waals surface area contributed by atoms with Gasteiger partial charge in [0.2, 0.25) is 0 Å². The smallest absolute Gasteiger partial charge is 0.127 e. The van der Waals surface area contributed by atoms with Crippen LogP contribution in [-0.2, 0) is 0 Å². The molecule has 3 N–H and O–H groups in total. The first-order valence-electron chi connectivity index (χ1n) is 5.50. The van der Waals surface area contributed by atoms with Crippen LogP contribution in [0.2, 0.25) is 0 Å². The van der Waals surface area contributed by atoms with Crippen molar-refractivity contribution in [3.63, 3.8) is 0 Å². The lowest BCUT2D eigenvalue weighted by Crippen LogP contribution is -2.11. The van der Waals surface area contributed by atoms with E-state index in [4.69, 9.17) is 10.5 Å². The molecule has 0 aliphatic heterocycles. The van der Waals surface area contributed by atoms with E-state index in [0.29, 0.717) is 0 Å². The predicted molar refractivity (Wildman–Crippen MR) is 67.0 cm³/mol. The van der Waals surface area contributed by atoms with E-state index < -0.39 is 6.10 Å². The number of nitrogens with two attached hydrogens (primary N) is 1. The summed E-state index contributed by atoms with van der Waals surface area (Å²) in [6, 6.07) is 16.8. The van der Waals surface area contributed by atoms with Gasteiger partial charge in [-0.2, -0.15) is 0 Å². The molecule has 1 atom stereocenters. The molecule has 3 nitrogen and oxygen atoms in total. The Labute approximate surface area is 100 Å². The van der Waals surface area contributed by atoms with Crippen molar-refractivity contribution in [2.75, 3.05) is 6.54 Å². The Morgan fingerprint density at radius 1 is 0.941 bits per heavy atom. The second-order valence-corrected chi connectivity index (χ2v) is 3.74. The third-order valence-electron chi connectivity index (χ3n) is 2.47. The van der Waals surface area contributed by atoms with Gasteiger partial charge in [-0.25, -0.2) is 0 Å². The van der Waals surface area contributed by atoms with Gasteiger partial charge in [-0.1, -0.05) is 30.3 Å². The number of ether oxygens (including phenoxy) is 1. The zero-order chi connectivity index (χ0) is 12.1. The lowest BCUT2D eigenvalue weighted by atomic mass is 10.1. The maximum Gasteiger partial charge on any atom is 0.127 e. The summed E-state index contributed by atoms with van der Waals surface area (Å²) in [4.78, 5) is 0. The van der Waals surface area contributed by atoms with Crippen molar-refractivity contribution in [2.24, 2.45) is 5.73 Å². The van der Waals surface area contributed by atoms with Crippen LogP contribution in [0.15, 0.2) is 54.6 Å². The normalized spacial score (nSPS) is 12.1. The molecule has 0 fully saturated rings. The van der Waals surface area contributed by atoms with E-state index in [9.17, 15) is 5.11 Å². The quantitative estimate of drug-likeness (QED) is 0.846. The summed E-state index contributed by atoms with van der Waals surface area (Å²) in [5.74, 6) is 1.53. The van der Waals surface area contributed by atoms with Crippen LogP contribution in [0.4, 0.5) is 0 Å². The Hall–Kier alpha value is -1.84. The minimum absolute atomic E-state index is 0.221. The van der Waals surface area contributed by atoms with E-state index >= 15 is 0 Å². The molecule has 0 spiro atoms. The van der Waals surface area contributed by atoms with Crippen molar-refractivity contribution in [1.29, 1.82) is 0 Å². The van der Waals surface area contributed by atoms with Crippen LogP contribution in [0.5, 0.6) is 11.5 Å². The average molecular weight is 229 g/mol. The molecule has 0 heterocycles. The Bertz CT molecular complexity index is 453. The highest BCUT2D eigenvalue weighted by atomic mass is 16.5. The molecular formula is C14H15NO2. The topological polar surface area (TPSA) is 55.5 Å². The molecule has 0 aliphatic rings. The Kier molecular flexibility index (Phi) is 3.75. The minimum atomic E-state index is -0.610. The number of rotatable bonds is 4. The zero-order valence-electron chi connectivity index (χ0n) is 9.41. The summed E-state index contributed by atoms with van der Waals surface area (Å²) in [6.45, 7) is 0.221. The van der Waals surface area contributed by atoms with Gasteiger partial charge in [0.05, 0.1) is 6.10 Å². The van der Waals surface area contributed by atoms with Crippen molar-refractivity contribution in [1.82, 2.24) is 0 Å². The Morgan fingerprint density at radius 2 is 1.53 bits per heavy atom. The second-order valence-electron chi connectivity index (χ2n) is 3.74. The van der Waals surface area contributed by atoms with Crippen molar-refractivity contribution in [3.8, 4) is 11.5 Å². The maximum absolute atomic E-state index is 9.54. The summed E-state index contributed by atoms with van der Waals surface area (Å²) >= 11 is 0. The number of hydrogen-bond donors (Lipinski definition) is 2. The van der Waals surface area contributed by atoms with Crippen molar-refractivity contribution in [2.45, 2.75) is 6.10 Å². The molecule has 0 radical (unpaired) electrons. The molecule has 3 heteroatoms. The SMILES string of the molecule is NCC(O)c1ccc(Oc2ccccc2)cc1. The molecule has 2 rings (SSSR count). The lowest BCUT2D eigenvalue weighted by Gasteiger charge is -2.09. The second kappa shape index (κ2) is 5.48. The zero-order valence-corrected chi connectivity index (χ0v) is 9.41. The van der Waals surface area contributed by atoms with Gasteiger partial charge in [0.15, 0.2) is 0 Å². The average Bonchev–Trinajstić information content (AvgIpc) is 2.40. The van der Waals surface area contributed by atoms with E-state index in [1.165, 1.54) is 0 Å². The predicted octanol–water partition coefficient (Wildman–Crippen LogP) is 2.47. The summed E-state index contributed by atoms with van der Waals surface area (Å²) in [5, 5.41) is 9.54. The summed E-state index contributed by atoms with van der Waals surface area (Å²) in [6.07, 6.45) is -0.610. The van der Waals surface area contributed by atoms with Crippen molar-refractivity contribution >= 4 is 0 Å². The fourth-order valence-corrected chi connectivity index (χ4v) is 1.52. The molecule has 17 heavy (non-hydrogen) atoms. The minimum Gasteiger partial charge on any atom is -0.457 e. The van der Waals surface area contributed by atoms with Gasteiger partial charge >= 0.3 is 0 Å². The van der Waals surface area contributed by atoms with E-state index in [-0.39, 0.29) is 6.54 Å². The molecule has 0 aromatic heterocycles. The molecule has 0 amide bonds. The van der Waals surface area contributed by atoms with Gasteiger partial charge in [-0.05, 0) is 29.8 Å². The standard InChI is InChI=1S/C14H15NO2/c15-10-14(16)11-6-8-13(9-7-11)17-12-4-2-1-3-5-12/h1-9,14,16H,10,15H2. The van der Waals surface area contributed by atoms with Crippen LogP contribution in [-0.4, -0.2) is 11.7 Å². The highest BCUT2D eigenvalue weighted by Crippen LogP contribution is 2.22. The van der Waals surface area contributed by atoms with Crippen LogP contribution in [0, 0.1) is 0 Å². The fraction of sp³-hybridized carbons (Fsp3) is 0.143. The van der Waals surface area contributed by atoms with Gasteiger partial charge in [0.25, 0.3) is 0 Å². The first-order chi connectivity index (χ1) is 8.29. The Balaban J connectivity index is 2.08. The number of benzene rings is 2. The largest absolute Gasteiger partial charge is 0.457 e. The van der Waals surface area contributed by atoms with Crippen molar-refractivity contribution in [3.05, 3.63) is 60.2 Å². The molecular weight excluding hydrogens is 214 g/mol. The molecule has 0 saturated carbocycles. The monoisotopic (exact) mass is 229 g/mol. The first kappa shape index (κ1) is 11.6. The van der Waals surface area contributed by atoms with Gasteiger partial charge in [0, 0.05) is 6.54 Å². The van der Waals surface area contributed by atoms with Crippen molar-refractivity contribution < 1.29 is 9.84 Å². The van der Waals surface area contributed by atoms with Crippen LogP contribution in [0.25, 0.3) is 0 Å². The van der Waals surface area contributed by atoms with Crippen LogP contribution in [0.3, 0.4) is 0 Å². The maximum atomic E-state index is 9.54. The first-order valence-corrected chi connectivity index (χ1v) is 5.50. The molecule has 2 aromatic rings. The molecule has 1 unspecified atom stereocenters. The number of aliphatic hydroxyl groups excluding tert-OH is 1. The van der Waals surface area contributed by atoms with Crippen LogP contribution >= 0.6 is 0 Å². The molecule has 0 aliphatic carbocycles. The Morgan fingerprint density at radius 3 is 2.12 bits per heavy atom. The fourth-order valence-electron chi connectivity index (χ4n) is 1.52. The summed E-state index contributed by atoms with van der Waals surface area (Å²) < 4.78 is 5.63. The molecule has 0 bridgehead atoms. The van der Waals surface area contributed by atoms with Gasteiger partial charge in [-0.3, -0.25) is 0 Å². The van der Waals surface area contributed by atoms with Crippen LogP contribution < -0.4 is 10.5 Å². The number of hydrogen-bond acceptors (Lipinski definition) is 3. The summed E-state index contributed by atoms with van der Waals surface area (Å²) in [5.41, 5.74) is 6.18. The van der Waals surface area contributed by atoms with Crippen LogP contribution in [0.1, 0.15) is 11.7 Å². The van der Waals surface area contributed by atoms with Gasteiger partial charge < -0.3 is 15.6 Å². The third kappa shape index (κ3) is 3.06. The highest BCUT2D eigenvalue weighted by Gasteiger charge is 2.04.